The molecule has 0 spiro atoms. The molecule has 108 valence electrons. The second kappa shape index (κ2) is 5.49. The SMILES string of the molecule is NC(=O)c1ccc(Oc2cc(F)c(C(=O)O)cc2N)cc1. The topological polar surface area (TPSA) is 116 Å². The summed E-state index contributed by atoms with van der Waals surface area (Å²) in [6.45, 7) is 0. The number of primary amides is 1. The Morgan fingerprint density at radius 3 is 2.29 bits per heavy atom. The van der Waals surface area contributed by atoms with Gasteiger partial charge < -0.3 is 21.3 Å². The van der Waals surface area contributed by atoms with Crippen LogP contribution < -0.4 is 16.2 Å². The number of carboxylic acid groups (broad SMARTS) is 1. The minimum Gasteiger partial charge on any atom is -0.478 e. The summed E-state index contributed by atoms with van der Waals surface area (Å²) < 4.78 is 18.9. The molecule has 0 aromatic heterocycles. The van der Waals surface area contributed by atoms with Crippen molar-refractivity contribution in [2.45, 2.75) is 0 Å². The molecular weight excluding hydrogens is 279 g/mol. The Balaban J connectivity index is 2.29. The highest BCUT2D eigenvalue weighted by atomic mass is 19.1. The van der Waals surface area contributed by atoms with Crippen LogP contribution in [0, 0.1) is 5.82 Å². The molecule has 6 nitrogen and oxygen atoms in total. The molecule has 0 unspecified atom stereocenters. The number of hydrogen-bond donors (Lipinski definition) is 3. The molecule has 0 saturated carbocycles. The molecule has 0 aliphatic carbocycles. The predicted molar refractivity (Wildman–Crippen MR) is 72.8 cm³/mol. The van der Waals surface area contributed by atoms with E-state index in [-0.39, 0.29) is 11.4 Å². The second-order valence-electron chi connectivity index (χ2n) is 4.17. The van der Waals surface area contributed by atoms with Gasteiger partial charge in [0.1, 0.15) is 11.6 Å². The van der Waals surface area contributed by atoms with Gasteiger partial charge in [-0.2, -0.15) is 0 Å². The lowest BCUT2D eigenvalue weighted by atomic mass is 10.1. The maximum atomic E-state index is 13.6. The van der Waals surface area contributed by atoms with Gasteiger partial charge in [-0.3, -0.25) is 4.79 Å². The van der Waals surface area contributed by atoms with E-state index in [0.29, 0.717) is 11.3 Å². The van der Waals surface area contributed by atoms with Gasteiger partial charge in [-0.25, -0.2) is 9.18 Å². The number of ether oxygens (including phenoxy) is 1. The van der Waals surface area contributed by atoms with Crippen molar-refractivity contribution in [3.8, 4) is 11.5 Å². The van der Waals surface area contributed by atoms with Crippen LogP contribution in [-0.2, 0) is 0 Å². The molecule has 0 heterocycles. The zero-order valence-electron chi connectivity index (χ0n) is 10.7. The number of amides is 1. The van der Waals surface area contributed by atoms with Gasteiger partial charge in [0.05, 0.1) is 11.3 Å². The van der Waals surface area contributed by atoms with Crippen LogP contribution in [0.4, 0.5) is 10.1 Å². The number of carbonyl (C=O) groups is 2. The first-order valence-corrected chi connectivity index (χ1v) is 5.78. The Morgan fingerprint density at radius 1 is 1.14 bits per heavy atom. The molecule has 0 aliphatic heterocycles. The largest absolute Gasteiger partial charge is 0.478 e. The van der Waals surface area contributed by atoms with Crippen LogP contribution in [0.3, 0.4) is 0 Å². The van der Waals surface area contributed by atoms with E-state index in [4.69, 9.17) is 21.3 Å². The van der Waals surface area contributed by atoms with Gasteiger partial charge in [-0.05, 0) is 30.3 Å². The fourth-order valence-electron chi connectivity index (χ4n) is 1.64. The number of aromatic carboxylic acids is 1. The van der Waals surface area contributed by atoms with Gasteiger partial charge in [-0.1, -0.05) is 0 Å². The quantitative estimate of drug-likeness (QED) is 0.745. The summed E-state index contributed by atoms with van der Waals surface area (Å²) in [5.41, 5.74) is 10.5. The smallest absolute Gasteiger partial charge is 0.338 e. The van der Waals surface area contributed by atoms with E-state index in [9.17, 15) is 14.0 Å². The first kappa shape index (κ1) is 14.3. The van der Waals surface area contributed by atoms with E-state index in [0.717, 1.165) is 12.1 Å². The van der Waals surface area contributed by atoms with Gasteiger partial charge in [0.15, 0.2) is 5.75 Å². The number of carbonyl (C=O) groups excluding carboxylic acids is 1. The molecule has 0 radical (unpaired) electrons. The third-order valence-corrected chi connectivity index (χ3v) is 2.70. The van der Waals surface area contributed by atoms with Crippen LogP contribution >= 0.6 is 0 Å². The van der Waals surface area contributed by atoms with Crippen LogP contribution in [0.5, 0.6) is 11.5 Å². The second-order valence-corrected chi connectivity index (χ2v) is 4.17. The van der Waals surface area contributed by atoms with Gasteiger partial charge in [0.2, 0.25) is 5.91 Å². The van der Waals surface area contributed by atoms with Crippen LogP contribution in [0.1, 0.15) is 20.7 Å². The Morgan fingerprint density at radius 2 is 1.76 bits per heavy atom. The summed E-state index contributed by atoms with van der Waals surface area (Å²) in [5.74, 6) is -2.69. The van der Waals surface area contributed by atoms with Gasteiger partial charge in [-0.15, -0.1) is 0 Å². The van der Waals surface area contributed by atoms with Crippen molar-refractivity contribution in [1.82, 2.24) is 0 Å². The summed E-state index contributed by atoms with van der Waals surface area (Å²) >= 11 is 0. The highest BCUT2D eigenvalue weighted by molar-refractivity contribution is 5.92. The lowest BCUT2D eigenvalue weighted by Crippen LogP contribution is -2.10. The monoisotopic (exact) mass is 290 g/mol. The van der Waals surface area contributed by atoms with Crippen molar-refractivity contribution in [2.24, 2.45) is 5.73 Å². The van der Waals surface area contributed by atoms with E-state index in [1.165, 1.54) is 24.3 Å². The molecular formula is C14H11FN2O4. The molecule has 21 heavy (non-hydrogen) atoms. The number of nitrogens with two attached hydrogens (primary N) is 2. The summed E-state index contributed by atoms with van der Waals surface area (Å²) in [7, 11) is 0. The predicted octanol–water partition coefficient (Wildman–Crippen LogP) is 2.00. The van der Waals surface area contributed by atoms with Gasteiger partial charge in [0.25, 0.3) is 0 Å². The van der Waals surface area contributed by atoms with Crippen molar-refractivity contribution >= 4 is 17.6 Å². The fraction of sp³-hybridized carbons (Fsp3) is 0. The number of hydrogen-bond acceptors (Lipinski definition) is 4. The maximum Gasteiger partial charge on any atom is 0.338 e. The summed E-state index contributed by atoms with van der Waals surface area (Å²) in [4.78, 5) is 21.7. The number of nitrogen functional groups attached to an aromatic ring is 1. The van der Waals surface area contributed by atoms with E-state index >= 15 is 0 Å². The number of rotatable bonds is 4. The fourth-order valence-corrected chi connectivity index (χ4v) is 1.64. The zero-order valence-corrected chi connectivity index (χ0v) is 10.7. The molecule has 0 saturated heterocycles. The minimum atomic E-state index is -1.42. The standard InChI is InChI=1S/C14H11FN2O4/c15-10-6-12(11(16)5-9(10)14(19)20)21-8-3-1-7(2-4-8)13(17)18/h1-6H,16H2,(H2,17,18)(H,19,20). The van der Waals surface area contributed by atoms with Crippen LogP contribution in [0.25, 0.3) is 0 Å². The molecule has 2 aromatic carbocycles. The average molecular weight is 290 g/mol. The lowest BCUT2D eigenvalue weighted by Gasteiger charge is -2.10. The van der Waals surface area contributed by atoms with Crippen molar-refractivity contribution in [1.29, 1.82) is 0 Å². The van der Waals surface area contributed by atoms with Crippen LogP contribution in [0.2, 0.25) is 0 Å². The third kappa shape index (κ3) is 3.08. The average Bonchev–Trinajstić information content (AvgIpc) is 2.42. The van der Waals surface area contributed by atoms with Crippen LogP contribution in [-0.4, -0.2) is 17.0 Å². The van der Waals surface area contributed by atoms with Gasteiger partial charge >= 0.3 is 5.97 Å². The minimum absolute atomic E-state index is 0.0206. The molecule has 0 bridgehead atoms. The number of halogens is 1. The summed E-state index contributed by atoms with van der Waals surface area (Å²) in [5, 5.41) is 8.77. The van der Waals surface area contributed by atoms with Crippen molar-refractivity contribution < 1.29 is 23.8 Å². The zero-order chi connectivity index (χ0) is 15.6. The number of carboxylic acids is 1. The maximum absolute atomic E-state index is 13.6. The van der Waals surface area contributed by atoms with Crippen molar-refractivity contribution in [3.63, 3.8) is 0 Å². The van der Waals surface area contributed by atoms with Crippen molar-refractivity contribution in [2.75, 3.05) is 5.73 Å². The van der Waals surface area contributed by atoms with Crippen LogP contribution in [0.15, 0.2) is 36.4 Å². The Labute approximate surface area is 118 Å². The van der Waals surface area contributed by atoms with Gasteiger partial charge in [0, 0.05) is 11.6 Å². The Hall–Kier alpha value is -3.09. The Kier molecular flexibility index (Phi) is 3.75. The highest BCUT2D eigenvalue weighted by Gasteiger charge is 2.15. The molecule has 2 aromatic rings. The number of benzene rings is 2. The lowest BCUT2D eigenvalue weighted by molar-refractivity contribution is 0.0691. The Bertz CT molecular complexity index is 714. The molecule has 7 heteroatoms. The molecule has 0 fully saturated rings. The first-order chi connectivity index (χ1) is 9.88. The molecule has 0 atom stereocenters. The molecule has 1 amide bonds. The molecule has 0 aliphatic rings. The highest BCUT2D eigenvalue weighted by Crippen LogP contribution is 2.30. The summed E-state index contributed by atoms with van der Waals surface area (Å²) in [6, 6.07) is 7.67. The van der Waals surface area contributed by atoms with Crippen molar-refractivity contribution in [3.05, 3.63) is 53.3 Å². The molecule has 5 N–H and O–H groups in total. The molecule has 2 rings (SSSR count). The number of anilines is 1. The normalized spacial score (nSPS) is 10.1. The first-order valence-electron chi connectivity index (χ1n) is 5.78. The summed E-state index contributed by atoms with van der Waals surface area (Å²) in [6.07, 6.45) is 0. The van der Waals surface area contributed by atoms with E-state index in [2.05, 4.69) is 0 Å². The third-order valence-electron chi connectivity index (χ3n) is 2.70. The van der Waals surface area contributed by atoms with E-state index in [1.54, 1.807) is 0 Å². The van der Waals surface area contributed by atoms with E-state index < -0.39 is 23.3 Å². The van der Waals surface area contributed by atoms with E-state index in [1.807, 2.05) is 0 Å².